The van der Waals surface area contributed by atoms with Crippen LogP contribution in [0.1, 0.15) is 0 Å². The van der Waals surface area contributed by atoms with Gasteiger partial charge in [0.25, 0.3) is 0 Å². The standard InChI is InChI=1S/C41H26N4/c1-2-6-34-28(5-1)9-10-30-23-29(13-18-35(30)34)32-15-20-39(44-25-32)38-19-14-31(24-43-38)27-11-16-33(17-12-27)45-40-8-4-3-7-36(40)37-26-42-22-21-41(37)45/h1-26H. The Hall–Kier alpha value is -6.13. The van der Waals surface area contributed by atoms with E-state index in [2.05, 4.69) is 137 Å². The number of para-hydroxylation sites is 1. The molecule has 0 atom stereocenters. The van der Waals surface area contributed by atoms with Crippen LogP contribution >= 0.6 is 0 Å². The minimum atomic E-state index is 0.853. The Morgan fingerprint density at radius 3 is 1.80 bits per heavy atom. The number of fused-ring (bicyclic) bond motifs is 6. The highest BCUT2D eigenvalue weighted by Crippen LogP contribution is 2.33. The summed E-state index contributed by atoms with van der Waals surface area (Å²) in [5.74, 6) is 0. The van der Waals surface area contributed by atoms with Gasteiger partial charge in [0.05, 0.1) is 22.4 Å². The van der Waals surface area contributed by atoms with E-state index in [4.69, 9.17) is 9.97 Å². The van der Waals surface area contributed by atoms with Crippen LogP contribution in [0.5, 0.6) is 0 Å². The first-order valence-corrected chi connectivity index (χ1v) is 15.1. The van der Waals surface area contributed by atoms with E-state index >= 15 is 0 Å². The van der Waals surface area contributed by atoms with Gasteiger partial charge in [-0.1, -0.05) is 91.0 Å². The van der Waals surface area contributed by atoms with Crippen molar-refractivity contribution in [2.24, 2.45) is 0 Å². The van der Waals surface area contributed by atoms with Gasteiger partial charge in [-0.2, -0.15) is 0 Å². The van der Waals surface area contributed by atoms with E-state index in [1.807, 2.05) is 30.9 Å². The summed E-state index contributed by atoms with van der Waals surface area (Å²) in [7, 11) is 0. The third kappa shape index (κ3) is 4.27. The smallest absolute Gasteiger partial charge is 0.0886 e. The molecule has 0 aliphatic rings. The lowest BCUT2D eigenvalue weighted by Crippen LogP contribution is -1.94. The SMILES string of the molecule is c1ccc2c(c1)ccc1cc(-c3ccc(-c4ccc(-c5ccc(-n6c7ccccc7c7cnccc76)cc5)cn4)nc3)ccc12. The number of aromatic nitrogens is 4. The molecule has 9 rings (SSSR count). The van der Waals surface area contributed by atoms with E-state index in [-0.39, 0.29) is 0 Å². The number of pyridine rings is 3. The van der Waals surface area contributed by atoms with Crippen LogP contribution in [-0.2, 0) is 0 Å². The molecule has 0 fully saturated rings. The molecule has 0 radical (unpaired) electrons. The maximum absolute atomic E-state index is 4.78. The van der Waals surface area contributed by atoms with Gasteiger partial charge in [0.2, 0.25) is 0 Å². The Morgan fingerprint density at radius 1 is 0.400 bits per heavy atom. The fourth-order valence-electron chi connectivity index (χ4n) is 6.52. The second kappa shape index (κ2) is 10.2. The molecule has 0 spiro atoms. The van der Waals surface area contributed by atoms with Crippen molar-refractivity contribution in [3.8, 4) is 39.3 Å². The van der Waals surface area contributed by atoms with Gasteiger partial charge < -0.3 is 4.57 Å². The molecule has 4 heteroatoms. The fourth-order valence-corrected chi connectivity index (χ4v) is 6.52. The Labute approximate surface area is 259 Å². The molecule has 0 saturated heterocycles. The number of nitrogens with zero attached hydrogens (tertiary/aromatic N) is 4. The second-order valence-electron chi connectivity index (χ2n) is 11.4. The zero-order chi connectivity index (χ0) is 29.7. The summed E-state index contributed by atoms with van der Waals surface area (Å²) in [6, 6.07) is 47.1. The number of benzene rings is 5. The lowest BCUT2D eigenvalue weighted by Gasteiger charge is -2.10. The maximum atomic E-state index is 4.78. The first-order valence-electron chi connectivity index (χ1n) is 15.1. The van der Waals surface area contributed by atoms with Crippen molar-refractivity contribution < 1.29 is 0 Å². The Kier molecular flexibility index (Phi) is 5.78. The summed E-state index contributed by atoms with van der Waals surface area (Å²) in [5, 5.41) is 7.40. The van der Waals surface area contributed by atoms with E-state index < -0.39 is 0 Å². The van der Waals surface area contributed by atoms with Gasteiger partial charge in [0.15, 0.2) is 0 Å². The molecule has 45 heavy (non-hydrogen) atoms. The van der Waals surface area contributed by atoms with Crippen molar-refractivity contribution in [2.45, 2.75) is 0 Å². The lowest BCUT2D eigenvalue weighted by molar-refractivity contribution is 1.17. The van der Waals surface area contributed by atoms with Crippen molar-refractivity contribution in [1.82, 2.24) is 19.5 Å². The molecule has 0 bridgehead atoms. The van der Waals surface area contributed by atoms with Crippen molar-refractivity contribution >= 4 is 43.4 Å². The van der Waals surface area contributed by atoms with Crippen molar-refractivity contribution in [1.29, 1.82) is 0 Å². The summed E-state index contributed by atoms with van der Waals surface area (Å²) < 4.78 is 2.30. The molecule has 4 heterocycles. The quantitative estimate of drug-likeness (QED) is 0.196. The van der Waals surface area contributed by atoms with Crippen molar-refractivity contribution in [3.05, 3.63) is 158 Å². The van der Waals surface area contributed by atoms with Crippen LogP contribution in [0.4, 0.5) is 0 Å². The summed E-state index contributed by atoms with van der Waals surface area (Å²) in [4.78, 5) is 13.9. The summed E-state index contributed by atoms with van der Waals surface area (Å²) >= 11 is 0. The predicted molar refractivity (Wildman–Crippen MR) is 185 cm³/mol. The van der Waals surface area contributed by atoms with Crippen LogP contribution in [-0.4, -0.2) is 19.5 Å². The Bertz CT molecular complexity index is 2460. The molecule has 0 aliphatic heterocycles. The zero-order valence-electron chi connectivity index (χ0n) is 24.3. The molecule has 5 aromatic carbocycles. The van der Waals surface area contributed by atoms with Gasteiger partial charge in [0, 0.05) is 52.4 Å². The molecule has 0 saturated carbocycles. The molecular formula is C41H26N4. The number of rotatable bonds is 4. The molecule has 0 aliphatic carbocycles. The van der Waals surface area contributed by atoms with Crippen LogP contribution in [0.2, 0.25) is 0 Å². The van der Waals surface area contributed by atoms with Gasteiger partial charge in [-0.25, -0.2) is 0 Å². The monoisotopic (exact) mass is 574 g/mol. The Morgan fingerprint density at radius 2 is 1.02 bits per heavy atom. The summed E-state index contributed by atoms with van der Waals surface area (Å²) in [5.41, 5.74) is 9.57. The third-order valence-electron chi connectivity index (χ3n) is 8.80. The van der Waals surface area contributed by atoms with E-state index in [9.17, 15) is 0 Å². The van der Waals surface area contributed by atoms with Crippen molar-refractivity contribution in [2.75, 3.05) is 0 Å². The minimum Gasteiger partial charge on any atom is -0.309 e. The van der Waals surface area contributed by atoms with Crippen LogP contribution < -0.4 is 0 Å². The molecule has 0 unspecified atom stereocenters. The fraction of sp³-hybridized carbons (Fsp3) is 0. The molecular weight excluding hydrogens is 548 g/mol. The topological polar surface area (TPSA) is 43.6 Å². The zero-order valence-corrected chi connectivity index (χ0v) is 24.3. The highest BCUT2D eigenvalue weighted by molar-refractivity contribution is 6.09. The second-order valence-corrected chi connectivity index (χ2v) is 11.4. The number of hydrogen-bond donors (Lipinski definition) is 0. The molecule has 4 nitrogen and oxygen atoms in total. The van der Waals surface area contributed by atoms with Crippen molar-refractivity contribution in [3.63, 3.8) is 0 Å². The van der Waals surface area contributed by atoms with Gasteiger partial charge in [-0.15, -0.1) is 0 Å². The van der Waals surface area contributed by atoms with Gasteiger partial charge in [-0.05, 0) is 75.1 Å². The average Bonchev–Trinajstić information content (AvgIpc) is 3.46. The first-order chi connectivity index (χ1) is 22.3. The molecule has 0 amide bonds. The molecule has 9 aromatic rings. The Balaban J connectivity index is 0.977. The lowest BCUT2D eigenvalue weighted by atomic mass is 9.98. The highest BCUT2D eigenvalue weighted by atomic mass is 15.0. The average molecular weight is 575 g/mol. The molecule has 0 N–H and O–H groups in total. The maximum Gasteiger partial charge on any atom is 0.0886 e. The normalized spacial score (nSPS) is 11.6. The van der Waals surface area contributed by atoms with Crippen LogP contribution in [0, 0.1) is 0 Å². The molecule has 210 valence electrons. The van der Waals surface area contributed by atoms with E-state index in [0.717, 1.165) is 50.2 Å². The molecule has 4 aromatic heterocycles. The first kappa shape index (κ1) is 25.4. The van der Waals surface area contributed by atoms with Crippen LogP contribution in [0.3, 0.4) is 0 Å². The van der Waals surface area contributed by atoms with Gasteiger partial charge >= 0.3 is 0 Å². The highest BCUT2D eigenvalue weighted by Gasteiger charge is 2.12. The van der Waals surface area contributed by atoms with E-state index in [1.165, 1.54) is 32.4 Å². The minimum absolute atomic E-state index is 0.853. The largest absolute Gasteiger partial charge is 0.309 e. The number of hydrogen-bond acceptors (Lipinski definition) is 3. The van der Waals surface area contributed by atoms with E-state index in [0.29, 0.717) is 0 Å². The van der Waals surface area contributed by atoms with Gasteiger partial charge in [-0.3, -0.25) is 15.0 Å². The summed E-state index contributed by atoms with van der Waals surface area (Å²) in [6.07, 6.45) is 7.67. The van der Waals surface area contributed by atoms with Gasteiger partial charge in [0.1, 0.15) is 0 Å². The summed E-state index contributed by atoms with van der Waals surface area (Å²) in [6.45, 7) is 0. The van der Waals surface area contributed by atoms with E-state index in [1.54, 1.807) is 0 Å². The van der Waals surface area contributed by atoms with Crippen LogP contribution in [0.25, 0.3) is 82.7 Å². The third-order valence-corrected chi connectivity index (χ3v) is 8.80. The predicted octanol–water partition coefficient (Wildman–Crippen LogP) is 10.3. The van der Waals surface area contributed by atoms with Crippen LogP contribution in [0.15, 0.2) is 158 Å².